The van der Waals surface area contributed by atoms with E-state index in [2.05, 4.69) is 6.08 Å². The van der Waals surface area contributed by atoms with Gasteiger partial charge in [-0.15, -0.1) is 0 Å². The van der Waals surface area contributed by atoms with Gasteiger partial charge in [-0.25, -0.2) is 0 Å². The summed E-state index contributed by atoms with van der Waals surface area (Å²) in [5.41, 5.74) is 0. The van der Waals surface area contributed by atoms with Gasteiger partial charge in [0.25, 0.3) is 0 Å². The van der Waals surface area contributed by atoms with E-state index in [9.17, 15) is 4.79 Å². The lowest BCUT2D eigenvalue weighted by molar-refractivity contribution is -0.140. The third-order valence-electron chi connectivity index (χ3n) is 2.01. The van der Waals surface area contributed by atoms with Crippen molar-refractivity contribution in [1.82, 2.24) is 0 Å². The van der Waals surface area contributed by atoms with Gasteiger partial charge in [-0.1, -0.05) is 12.2 Å². The van der Waals surface area contributed by atoms with Crippen molar-refractivity contribution in [1.29, 1.82) is 0 Å². The number of carboxylic acids is 1. The molecule has 1 aliphatic rings. The maximum Gasteiger partial charge on any atom is 0.305 e. The Morgan fingerprint density at radius 2 is 2.57 bits per heavy atom. The van der Waals surface area contributed by atoms with Crippen molar-refractivity contribution in [2.75, 3.05) is 19.8 Å². The summed E-state index contributed by atoms with van der Waals surface area (Å²) < 4.78 is 10.6. The van der Waals surface area contributed by atoms with Gasteiger partial charge in [-0.2, -0.15) is 0 Å². The van der Waals surface area contributed by atoms with Crippen LogP contribution in [0.25, 0.3) is 0 Å². The molecule has 14 heavy (non-hydrogen) atoms. The second-order valence-corrected chi connectivity index (χ2v) is 3.47. The lowest BCUT2D eigenvalue weighted by atomic mass is 10.1. The second-order valence-electron chi connectivity index (χ2n) is 3.47. The molecule has 0 aromatic heterocycles. The Morgan fingerprint density at radius 1 is 1.79 bits per heavy atom. The molecule has 1 N–H and O–H groups in total. The fraction of sp³-hybridized carbons (Fsp3) is 0.700. The van der Waals surface area contributed by atoms with Crippen LogP contribution in [0.1, 0.15) is 13.3 Å². The Morgan fingerprint density at radius 3 is 3.14 bits per heavy atom. The average Bonchev–Trinajstić information content (AvgIpc) is 2.15. The van der Waals surface area contributed by atoms with Crippen molar-refractivity contribution in [2.45, 2.75) is 19.4 Å². The average molecular weight is 200 g/mol. The van der Waals surface area contributed by atoms with Gasteiger partial charge in [-0.3, -0.25) is 4.79 Å². The van der Waals surface area contributed by atoms with Crippen molar-refractivity contribution in [3.05, 3.63) is 12.2 Å². The minimum Gasteiger partial charge on any atom is -0.481 e. The van der Waals surface area contributed by atoms with Crippen LogP contribution < -0.4 is 0 Å². The molecule has 2 unspecified atom stereocenters. The van der Waals surface area contributed by atoms with E-state index in [0.717, 1.165) is 0 Å². The SMILES string of the molecule is CC(CC(=O)O)OCC1C=CCOC1. The monoisotopic (exact) mass is 200 g/mol. The van der Waals surface area contributed by atoms with Crippen molar-refractivity contribution in [3.63, 3.8) is 0 Å². The standard InChI is InChI=1S/C10H16O4/c1-8(5-10(11)12)14-7-9-3-2-4-13-6-9/h2-3,8-9H,4-7H2,1H3,(H,11,12). The molecule has 1 heterocycles. The predicted octanol–water partition coefficient (Wildman–Crippen LogP) is 1.07. The first-order valence-corrected chi connectivity index (χ1v) is 4.76. The summed E-state index contributed by atoms with van der Waals surface area (Å²) in [5, 5.41) is 8.50. The van der Waals surface area contributed by atoms with E-state index < -0.39 is 5.97 Å². The first kappa shape index (κ1) is 11.2. The van der Waals surface area contributed by atoms with E-state index in [-0.39, 0.29) is 18.4 Å². The van der Waals surface area contributed by atoms with E-state index in [4.69, 9.17) is 14.6 Å². The summed E-state index contributed by atoms with van der Waals surface area (Å²) in [6.45, 7) is 3.63. The minimum absolute atomic E-state index is 0.0529. The molecule has 0 amide bonds. The molecule has 0 saturated heterocycles. The molecule has 4 heteroatoms. The second kappa shape index (κ2) is 5.78. The van der Waals surface area contributed by atoms with Gasteiger partial charge in [0.1, 0.15) is 0 Å². The predicted molar refractivity (Wildman–Crippen MR) is 51.1 cm³/mol. The molecule has 0 saturated carbocycles. The summed E-state index contributed by atoms with van der Waals surface area (Å²) in [5.74, 6) is -0.562. The van der Waals surface area contributed by atoms with Gasteiger partial charge >= 0.3 is 5.97 Å². The van der Waals surface area contributed by atoms with Gasteiger partial charge < -0.3 is 14.6 Å². The molecule has 0 bridgehead atoms. The summed E-state index contributed by atoms with van der Waals surface area (Å²) in [6, 6.07) is 0. The number of hydrogen-bond donors (Lipinski definition) is 1. The third kappa shape index (κ3) is 4.39. The topological polar surface area (TPSA) is 55.8 Å². The molecule has 1 aliphatic heterocycles. The number of hydrogen-bond acceptors (Lipinski definition) is 3. The highest BCUT2D eigenvalue weighted by molar-refractivity contribution is 5.67. The Hall–Kier alpha value is -0.870. The number of ether oxygens (including phenoxy) is 2. The van der Waals surface area contributed by atoms with Crippen molar-refractivity contribution < 1.29 is 19.4 Å². The summed E-state index contributed by atoms with van der Waals surface area (Å²) >= 11 is 0. The van der Waals surface area contributed by atoms with Gasteiger partial charge in [0.05, 0.1) is 32.3 Å². The number of carbonyl (C=O) groups is 1. The van der Waals surface area contributed by atoms with Crippen LogP contribution in [0.15, 0.2) is 12.2 Å². The molecule has 80 valence electrons. The zero-order valence-electron chi connectivity index (χ0n) is 8.31. The van der Waals surface area contributed by atoms with Crippen LogP contribution in [0.2, 0.25) is 0 Å². The van der Waals surface area contributed by atoms with E-state index in [0.29, 0.717) is 19.8 Å². The largest absolute Gasteiger partial charge is 0.481 e. The zero-order valence-corrected chi connectivity index (χ0v) is 8.31. The smallest absolute Gasteiger partial charge is 0.305 e. The third-order valence-corrected chi connectivity index (χ3v) is 2.01. The highest BCUT2D eigenvalue weighted by Crippen LogP contribution is 2.08. The molecule has 0 radical (unpaired) electrons. The number of rotatable bonds is 5. The molecule has 4 nitrogen and oxygen atoms in total. The van der Waals surface area contributed by atoms with Crippen LogP contribution in [-0.4, -0.2) is 37.0 Å². The van der Waals surface area contributed by atoms with Crippen molar-refractivity contribution in [2.24, 2.45) is 5.92 Å². The molecule has 0 aromatic carbocycles. The lowest BCUT2D eigenvalue weighted by Gasteiger charge is -2.19. The minimum atomic E-state index is -0.826. The van der Waals surface area contributed by atoms with E-state index in [1.807, 2.05) is 6.08 Å². The normalized spacial score (nSPS) is 23.4. The summed E-state index contributed by atoms with van der Waals surface area (Å²) in [4.78, 5) is 10.3. The van der Waals surface area contributed by atoms with Gasteiger partial charge in [0.2, 0.25) is 0 Å². The lowest BCUT2D eigenvalue weighted by Crippen LogP contribution is -2.22. The fourth-order valence-corrected chi connectivity index (χ4v) is 1.29. The molecule has 0 aliphatic carbocycles. The molecular weight excluding hydrogens is 184 g/mol. The highest BCUT2D eigenvalue weighted by atomic mass is 16.5. The summed E-state index contributed by atoms with van der Waals surface area (Å²) in [7, 11) is 0. The first-order valence-electron chi connectivity index (χ1n) is 4.76. The van der Waals surface area contributed by atoms with Crippen LogP contribution >= 0.6 is 0 Å². The Labute approximate surface area is 83.5 Å². The summed E-state index contributed by atoms with van der Waals surface area (Å²) in [6.07, 6.45) is 3.83. The van der Waals surface area contributed by atoms with E-state index in [1.54, 1.807) is 6.92 Å². The Bertz CT molecular complexity index is 212. The van der Waals surface area contributed by atoms with Crippen LogP contribution in [0.3, 0.4) is 0 Å². The maximum atomic E-state index is 10.3. The van der Waals surface area contributed by atoms with E-state index in [1.165, 1.54) is 0 Å². The maximum absolute atomic E-state index is 10.3. The van der Waals surface area contributed by atoms with Crippen LogP contribution in [0.4, 0.5) is 0 Å². The Balaban J connectivity index is 2.15. The number of aliphatic carboxylic acids is 1. The molecule has 0 aromatic rings. The molecule has 0 fully saturated rings. The van der Waals surface area contributed by atoms with Crippen molar-refractivity contribution in [3.8, 4) is 0 Å². The van der Waals surface area contributed by atoms with Gasteiger partial charge in [-0.05, 0) is 6.92 Å². The number of carboxylic acid groups (broad SMARTS) is 1. The van der Waals surface area contributed by atoms with Crippen LogP contribution in [0.5, 0.6) is 0 Å². The fourth-order valence-electron chi connectivity index (χ4n) is 1.29. The van der Waals surface area contributed by atoms with Gasteiger partial charge in [0, 0.05) is 5.92 Å². The van der Waals surface area contributed by atoms with Gasteiger partial charge in [0.15, 0.2) is 0 Å². The van der Waals surface area contributed by atoms with Crippen LogP contribution in [-0.2, 0) is 14.3 Å². The molecular formula is C10H16O4. The van der Waals surface area contributed by atoms with Crippen molar-refractivity contribution >= 4 is 5.97 Å². The van der Waals surface area contributed by atoms with E-state index >= 15 is 0 Å². The molecule has 0 spiro atoms. The first-order chi connectivity index (χ1) is 6.68. The quantitative estimate of drug-likeness (QED) is 0.674. The Kier molecular flexibility index (Phi) is 4.62. The molecule has 2 atom stereocenters. The van der Waals surface area contributed by atoms with Crippen LogP contribution in [0, 0.1) is 5.92 Å². The zero-order chi connectivity index (χ0) is 10.4. The highest BCUT2D eigenvalue weighted by Gasteiger charge is 2.12. The molecule has 1 rings (SSSR count).